The first kappa shape index (κ1) is 14.4. The van der Waals surface area contributed by atoms with E-state index in [9.17, 15) is 9.90 Å². The van der Waals surface area contributed by atoms with E-state index in [2.05, 4.69) is 24.5 Å². The summed E-state index contributed by atoms with van der Waals surface area (Å²) in [5, 5.41) is 16.0. The number of ether oxygens (including phenoxy) is 1. The van der Waals surface area contributed by atoms with Crippen molar-refractivity contribution in [2.75, 3.05) is 32.8 Å². The van der Waals surface area contributed by atoms with Crippen LogP contribution in [-0.4, -0.2) is 49.5 Å². The van der Waals surface area contributed by atoms with Crippen LogP contribution >= 0.6 is 0 Å². The van der Waals surface area contributed by atoms with Gasteiger partial charge in [0.25, 0.3) is 0 Å². The fraction of sp³-hybridized carbons (Fsp3) is 0.917. The van der Waals surface area contributed by atoms with E-state index in [-0.39, 0.29) is 12.5 Å². The van der Waals surface area contributed by atoms with Gasteiger partial charge in [-0.2, -0.15) is 0 Å². The summed E-state index contributed by atoms with van der Waals surface area (Å²) in [6.07, 6.45) is 1.27. The third-order valence-corrected chi connectivity index (χ3v) is 2.87. The summed E-state index contributed by atoms with van der Waals surface area (Å²) >= 11 is 0. The van der Waals surface area contributed by atoms with Gasteiger partial charge in [0.05, 0.1) is 12.1 Å². The van der Waals surface area contributed by atoms with Gasteiger partial charge in [-0.05, 0) is 5.92 Å². The zero-order valence-corrected chi connectivity index (χ0v) is 10.8. The van der Waals surface area contributed by atoms with Crippen molar-refractivity contribution in [1.29, 1.82) is 0 Å². The molecule has 0 aliphatic carbocycles. The largest absolute Gasteiger partial charge is 0.388 e. The van der Waals surface area contributed by atoms with Crippen molar-refractivity contribution in [2.24, 2.45) is 5.92 Å². The standard InChI is InChI=1S/C12H24N2O3/c1-10(2)7-14-11(15)8-13-9-12(16)3-5-17-6-4-12/h10,13,16H,3-9H2,1-2H3,(H,14,15). The van der Waals surface area contributed by atoms with E-state index in [1.807, 2.05) is 0 Å². The molecule has 3 N–H and O–H groups in total. The Bertz CT molecular complexity index is 238. The summed E-state index contributed by atoms with van der Waals surface area (Å²) in [4.78, 5) is 11.4. The highest BCUT2D eigenvalue weighted by Crippen LogP contribution is 2.18. The molecular weight excluding hydrogens is 220 g/mol. The highest BCUT2D eigenvalue weighted by atomic mass is 16.5. The molecule has 0 aromatic rings. The van der Waals surface area contributed by atoms with Crippen LogP contribution in [0.2, 0.25) is 0 Å². The summed E-state index contributed by atoms with van der Waals surface area (Å²) in [6, 6.07) is 0. The fourth-order valence-electron chi connectivity index (χ4n) is 1.72. The maximum absolute atomic E-state index is 11.4. The van der Waals surface area contributed by atoms with Gasteiger partial charge >= 0.3 is 0 Å². The number of amides is 1. The van der Waals surface area contributed by atoms with Crippen molar-refractivity contribution in [3.63, 3.8) is 0 Å². The van der Waals surface area contributed by atoms with E-state index < -0.39 is 5.60 Å². The molecule has 1 aliphatic rings. The van der Waals surface area contributed by atoms with Gasteiger partial charge in [0.2, 0.25) is 5.91 Å². The molecule has 1 fully saturated rings. The average Bonchev–Trinajstić information content (AvgIpc) is 2.27. The summed E-state index contributed by atoms with van der Waals surface area (Å²) in [5.41, 5.74) is -0.712. The number of carbonyl (C=O) groups excluding carboxylic acids is 1. The minimum Gasteiger partial charge on any atom is -0.388 e. The number of carbonyl (C=O) groups is 1. The van der Waals surface area contributed by atoms with E-state index in [0.717, 1.165) is 0 Å². The first-order chi connectivity index (χ1) is 8.02. The minimum atomic E-state index is -0.712. The highest BCUT2D eigenvalue weighted by molar-refractivity contribution is 5.77. The Balaban J connectivity index is 2.11. The average molecular weight is 244 g/mol. The number of hydrogen-bond donors (Lipinski definition) is 3. The summed E-state index contributed by atoms with van der Waals surface area (Å²) in [5.74, 6) is 0.438. The van der Waals surface area contributed by atoms with Crippen LogP contribution in [0.5, 0.6) is 0 Å². The Morgan fingerprint density at radius 2 is 2.06 bits per heavy atom. The summed E-state index contributed by atoms with van der Waals surface area (Å²) in [6.45, 7) is 6.70. The van der Waals surface area contributed by atoms with E-state index in [1.54, 1.807) is 0 Å². The molecule has 0 saturated carbocycles. The molecule has 1 heterocycles. The van der Waals surface area contributed by atoms with Gasteiger partial charge in [0.1, 0.15) is 0 Å². The van der Waals surface area contributed by atoms with Crippen LogP contribution in [0.1, 0.15) is 26.7 Å². The number of rotatable bonds is 6. The molecule has 0 unspecified atom stereocenters. The van der Waals surface area contributed by atoms with E-state index >= 15 is 0 Å². The molecule has 5 heteroatoms. The summed E-state index contributed by atoms with van der Waals surface area (Å²) in [7, 11) is 0. The van der Waals surface area contributed by atoms with Crippen molar-refractivity contribution in [3.05, 3.63) is 0 Å². The van der Waals surface area contributed by atoms with Gasteiger partial charge < -0.3 is 20.5 Å². The lowest BCUT2D eigenvalue weighted by atomic mass is 9.94. The van der Waals surface area contributed by atoms with Gasteiger partial charge in [-0.15, -0.1) is 0 Å². The zero-order valence-electron chi connectivity index (χ0n) is 10.8. The lowest BCUT2D eigenvalue weighted by Gasteiger charge is -2.32. The second-order valence-corrected chi connectivity index (χ2v) is 5.14. The quantitative estimate of drug-likeness (QED) is 0.610. The SMILES string of the molecule is CC(C)CNC(=O)CNCC1(O)CCOCC1. The molecule has 5 nitrogen and oxygen atoms in total. The van der Waals surface area contributed by atoms with E-state index in [4.69, 9.17) is 4.74 Å². The van der Waals surface area contributed by atoms with Crippen molar-refractivity contribution < 1.29 is 14.6 Å². The highest BCUT2D eigenvalue weighted by Gasteiger charge is 2.29. The maximum atomic E-state index is 11.4. The fourth-order valence-corrected chi connectivity index (χ4v) is 1.72. The van der Waals surface area contributed by atoms with Crippen LogP contribution < -0.4 is 10.6 Å². The first-order valence-corrected chi connectivity index (χ1v) is 6.29. The normalized spacial score (nSPS) is 19.3. The number of nitrogens with one attached hydrogen (secondary N) is 2. The van der Waals surface area contributed by atoms with Crippen LogP contribution in [0.4, 0.5) is 0 Å². The Hall–Kier alpha value is -0.650. The Labute approximate surface area is 103 Å². The Kier molecular flexibility index (Phi) is 5.88. The molecule has 100 valence electrons. The molecule has 0 aromatic heterocycles. The lowest BCUT2D eigenvalue weighted by Crippen LogP contribution is -2.47. The molecule has 17 heavy (non-hydrogen) atoms. The summed E-state index contributed by atoms with van der Waals surface area (Å²) < 4.78 is 5.19. The number of aliphatic hydroxyl groups is 1. The second-order valence-electron chi connectivity index (χ2n) is 5.14. The molecule has 0 atom stereocenters. The smallest absolute Gasteiger partial charge is 0.233 e. The molecule has 1 aliphatic heterocycles. The Morgan fingerprint density at radius 3 is 2.65 bits per heavy atom. The second kappa shape index (κ2) is 6.93. The van der Waals surface area contributed by atoms with E-state index in [0.29, 0.717) is 45.1 Å². The zero-order chi connectivity index (χ0) is 12.7. The molecular formula is C12H24N2O3. The van der Waals surface area contributed by atoms with Crippen LogP contribution in [0, 0.1) is 5.92 Å². The monoisotopic (exact) mass is 244 g/mol. The molecule has 0 spiro atoms. The van der Waals surface area contributed by atoms with Crippen molar-refractivity contribution in [3.8, 4) is 0 Å². The minimum absolute atomic E-state index is 0.0191. The van der Waals surface area contributed by atoms with Crippen LogP contribution in [0.3, 0.4) is 0 Å². The maximum Gasteiger partial charge on any atom is 0.233 e. The third-order valence-electron chi connectivity index (χ3n) is 2.87. The van der Waals surface area contributed by atoms with Gasteiger partial charge in [0.15, 0.2) is 0 Å². The van der Waals surface area contributed by atoms with Crippen molar-refractivity contribution in [2.45, 2.75) is 32.3 Å². The molecule has 0 aromatic carbocycles. The Morgan fingerprint density at radius 1 is 1.41 bits per heavy atom. The van der Waals surface area contributed by atoms with Crippen LogP contribution in [0.25, 0.3) is 0 Å². The molecule has 1 rings (SSSR count). The van der Waals surface area contributed by atoms with E-state index in [1.165, 1.54) is 0 Å². The van der Waals surface area contributed by atoms with Crippen LogP contribution in [-0.2, 0) is 9.53 Å². The molecule has 1 saturated heterocycles. The van der Waals surface area contributed by atoms with Gasteiger partial charge in [-0.1, -0.05) is 13.8 Å². The van der Waals surface area contributed by atoms with Gasteiger partial charge in [0, 0.05) is 39.1 Å². The first-order valence-electron chi connectivity index (χ1n) is 6.29. The van der Waals surface area contributed by atoms with Gasteiger partial charge in [-0.25, -0.2) is 0 Å². The lowest BCUT2D eigenvalue weighted by molar-refractivity contribution is -0.120. The predicted molar refractivity (Wildman–Crippen MR) is 65.7 cm³/mol. The predicted octanol–water partition coefficient (Wildman–Crippen LogP) is -0.110. The van der Waals surface area contributed by atoms with Crippen molar-refractivity contribution >= 4 is 5.91 Å². The third kappa shape index (κ3) is 6.00. The van der Waals surface area contributed by atoms with Crippen LogP contribution in [0.15, 0.2) is 0 Å². The topological polar surface area (TPSA) is 70.6 Å². The van der Waals surface area contributed by atoms with Gasteiger partial charge in [-0.3, -0.25) is 4.79 Å². The molecule has 1 amide bonds. The molecule has 0 radical (unpaired) electrons. The molecule has 0 bridgehead atoms. The van der Waals surface area contributed by atoms with Crippen molar-refractivity contribution in [1.82, 2.24) is 10.6 Å². The number of hydrogen-bond acceptors (Lipinski definition) is 4.